The van der Waals surface area contributed by atoms with Crippen molar-refractivity contribution in [3.8, 4) is 0 Å². The number of carbonyl (C=O) groups excluding carboxylic acids is 2. The number of aromatic nitrogens is 1. The van der Waals surface area contributed by atoms with E-state index in [2.05, 4.69) is 10.3 Å². The second-order valence-electron chi connectivity index (χ2n) is 5.72. The average Bonchev–Trinajstić information content (AvgIpc) is 2.77. The van der Waals surface area contributed by atoms with E-state index in [-0.39, 0.29) is 23.8 Å². The highest BCUT2D eigenvalue weighted by Gasteiger charge is 2.28. The Morgan fingerprint density at radius 3 is 2.71 bits per heavy atom. The van der Waals surface area contributed by atoms with Crippen LogP contribution >= 0.6 is 11.3 Å². The number of aryl methyl sites for hydroxylation is 2. The van der Waals surface area contributed by atoms with Crippen molar-refractivity contribution in [3.63, 3.8) is 0 Å². The molecule has 1 aromatic rings. The third-order valence-corrected chi connectivity index (χ3v) is 5.18. The van der Waals surface area contributed by atoms with Crippen LogP contribution in [0.25, 0.3) is 0 Å². The first kappa shape index (κ1) is 15.9. The third kappa shape index (κ3) is 3.81. The number of thiazole rings is 1. The highest BCUT2D eigenvalue weighted by atomic mass is 32.1. The van der Waals surface area contributed by atoms with E-state index >= 15 is 0 Å². The van der Waals surface area contributed by atoms with Crippen LogP contribution in [-0.2, 0) is 9.59 Å². The minimum absolute atomic E-state index is 0.0311. The Labute approximate surface area is 129 Å². The molecule has 5 nitrogen and oxygen atoms in total. The average molecular weight is 309 g/mol. The fourth-order valence-electron chi connectivity index (χ4n) is 2.82. The summed E-state index contributed by atoms with van der Waals surface area (Å²) in [6.07, 6.45) is 1.74. The van der Waals surface area contributed by atoms with E-state index in [1.54, 1.807) is 23.2 Å². The molecular weight excluding hydrogens is 286 g/mol. The van der Waals surface area contributed by atoms with E-state index in [1.165, 1.54) is 0 Å². The molecule has 1 fully saturated rings. The summed E-state index contributed by atoms with van der Waals surface area (Å²) in [6.45, 7) is 8.80. The zero-order valence-electron chi connectivity index (χ0n) is 13.1. The highest BCUT2D eigenvalue weighted by molar-refractivity contribution is 7.11. The van der Waals surface area contributed by atoms with Crippen molar-refractivity contribution >= 4 is 23.2 Å². The van der Waals surface area contributed by atoms with Crippen LogP contribution in [0.4, 0.5) is 0 Å². The minimum Gasteiger partial charge on any atom is -0.348 e. The predicted octanol–water partition coefficient (Wildman–Crippen LogP) is 2.20. The second-order valence-corrected chi connectivity index (χ2v) is 6.95. The van der Waals surface area contributed by atoms with E-state index in [4.69, 9.17) is 0 Å². The molecule has 0 unspecified atom stereocenters. The zero-order chi connectivity index (χ0) is 15.6. The summed E-state index contributed by atoms with van der Waals surface area (Å²) in [6, 6.07) is -0.0311. The monoisotopic (exact) mass is 309 g/mol. The molecule has 1 aromatic heterocycles. The summed E-state index contributed by atoms with van der Waals surface area (Å²) in [5, 5.41) is 4.09. The number of likely N-dealkylation sites (tertiary alicyclic amines) is 1. The molecule has 1 aliphatic rings. The van der Waals surface area contributed by atoms with E-state index in [9.17, 15) is 9.59 Å². The van der Waals surface area contributed by atoms with Crippen molar-refractivity contribution in [3.05, 3.63) is 15.6 Å². The molecule has 116 valence electrons. The molecule has 2 rings (SSSR count). The van der Waals surface area contributed by atoms with Crippen LogP contribution in [0.3, 0.4) is 0 Å². The molecule has 0 spiro atoms. The fraction of sp³-hybridized carbons (Fsp3) is 0.667. The van der Waals surface area contributed by atoms with Gasteiger partial charge in [-0.1, -0.05) is 0 Å². The number of piperidine rings is 1. The number of hydrogen-bond acceptors (Lipinski definition) is 4. The molecule has 0 bridgehead atoms. The van der Waals surface area contributed by atoms with Crippen molar-refractivity contribution in [2.24, 2.45) is 5.92 Å². The summed E-state index contributed by atoms with van der Waals surface area (Å²) in [5.74, 6) is -0.00666. The van der Waals surface area contributed by atoms with E-state index < -0.39 is 0 Å². The van der Waals surface area contributed by atoms with Crippen LogP contribution < -0.4 is 5.32 Å². The second kappa shape index (κ2) is 6.56. The maximum atomic E-state index is 12.4. The van der Waals surface area contributed by atoms with Gasteiger partial charge in [-0.15, -0.1) is 11.3 Å². The lowest BCUT2D eigenvalue weighted by Gasteiger charge is -2.31. The fourth-order valence-corrected chi connectivity index (χ4v) is 3.75. The molecule has 21 heavy (non-hydrogen) atoms. The maximum absolute atomic E-state index is 12.4. The van der Waals surface area contributed by atoms with Gasteiger partial charge in [-0.2, -0.15) is 0 Å². The quantitative estimate of drug-likeness (QED) is 0.931. The Morgan fingerprint density at radius 1 is 1.43 bits per heavy atom. The summed E-state index contributed by atoms with van der Waals surface area (Å²) in [4.78, 5) is 31.1. The maximum Gasteiger partial charge on any atom is 0.225 e. The lowest BCUT2D eigenvalue weighted by atomic mass is 9.96. The molecule has 1 N–H and O–H groups in total. The summed E-state index contributed by atoms with van der Waals surface area (Å²) < 4.78 is 0. The number of nitrogens with zero attached hydrogens (tertiary/aromatic N) is 2. The Hall–Kier alpha value is -1.43. The lowest BCUT2D eigenvalue weighted by molar-refractivity contribution is -0.134. The molecule has 0 radical (unpaired) electrons. The molecular formula is C15H23N3O2S. The van der Waals surface area contributed by atoms with Gasteiger partial charge in [0.15, 0.2) is 0 Å². The van der Waals surface area contributed by atoms with Gasteiger partial charge in [0.1, 0.15) is 0 Å². The van der Waals surface area contributed by atoms with E-state index in [1.807, 2.05) is 20.8 Å². The smallest absolute Gasteiger partial charge is 0.225 e. The number of rotatable bonds is 3. The topological polar surface area (TPSA) is 62.3 Å². The lowest BCUT2D eigenvalue weighted by Crippen LogP contribution is -2.45. The molecule has 2 heterocycles. The normalized spacial score (nSPS) is 20.2. The summed E-state index contributed by atoms with van der Waals surface area (Å²) in [7, 11) is 0. The van der Waals surface area contributed by atoms with E-state index in [0.29, 0.717) is 6.54 Å². The molecule has 6 heteroatoms. The van der Waals surface area contributed by atoms with Crippen molar-refractivity contribution < 1.29 is 9.59 Å². The molecule has 0 saturated carbocycles. The SMILES string of the molecule is CC(=O)N1CCC[C@@H](C(=O)N[C@@H](C)c2sc(C)nc2C)C1. The first-order valence-electron chi connectivity index (χ1n) is 7.38. The Morgan fingerprint density at radius 2 is 2.14 bits per heavy atom. The molecule has 1 aliphatic heterocycles. The van der Waals surface area contributed by atoms with Gasteiger partial charge in [0.05, 0.1) is 22.7 Å². The van der Waals surface area contributed by atoms with Crippen LogP contribution in [0, 0.1) is 19.8 Å². The van der Waals surface area contributed by atoms with Crippen molar-refractivity contribution in [2.75, 3.05) is 13.1 Å². The molecule has 1 saturated heterocycles. The third-order valence-electron chi connectivity index (χ3n) is 3.93. The molecule has 2 atom stereocenters. The predicted molar refractivity (Wildman–Crippen MR) is 83.1 cm³/mol. The van der Waals surface area contributed by atoms with Crippen LogP contribution in [-0.4, -0.2) is 34.8 Å². The van der Waals surface area contributed by atoms with Gasteiger partial charge in [0.2, 0.25) is 11.8 Å². The van der Waals surface area contributed by atoms with Crippen LogP contribution in [0.2, 0.25) is 0 Å². The molecule has 0 aromatic carbocycles. The minimum atomic E-state index is -0.0978. The van der Waals surface area contributed by atoms with E-state index in [0.717, 1.165) is 35.0 Å². The van der Waals surface area contributed by atoms with Gasteiger partial charge in [-0.3, -0.25) is 9.59 Å². The number of carbonyl (C=O) groups is 2. The molecule has 2 amide bonds. The molecule has 0 aliphatic carbocycles. The number of hydrogen-bond donors (Lipinski definition) is 1. The van der Waals surface area contributed by atoms with Gasteiger partial charge in [-0.25, -0.2) is 4.98 Å². The Bertz CT molecular complexity index is 541. The van der Waals surface area contributed by atoms with Crippen LogP contribution in [0.15, 0.2) is 0 Å². The Kier molecular flexibility index (Phi) is 4.98. The number of nitrogens with one attached hydrogen (secondary N) is 1. The van der Waals surface area contributed by atoms with Crippen LogP contribution in [0.5, 0.6) is 0 Å². The first-order chi connectivity index (χ1) is 9.88. The summed E-state index contributed by atoms with van der Waals surface area (Å²) in [5.41, 5.74) is 0.985. The van der Waals surface area contributed by atoms with Crippen molar-refractivity contribution in [1.82, 2.24) is 15.2 Å². The largest absolute Gasteiger partial charge is 0.348 e. The summed E-state index contributed by atoms with van der Waals surface area (Å²) >= 11 is 1.63. The highest BCUT2D eigenvalue weighted by Crippen LogP contribution is 2.25. The Balaban J connectivity index is 1.97. The first-order valence-corrected chi connectivity index (χ1v) is 8.20. The van der Waals surface area contributed by atoms with Gasteiger partial charge in [0.25, 0.3) is 0 Å². The van der Waals surface area contributed by atoms with Gasteiger partial charge >= 0.3 is 0 Å². The zero-order valence-corrected chi connectivity index (χ0v) is 13.9. The van der Waals surface area contributed by atoms with Gasteiger partial charge < -0.3 is 10.2 Å². The number of amides is 2. The van der Waals surface area contributed by atoms with Gasteiger partial charge in [0, 0.05) is 24.9 Å². The van der Waals surface area contributed by atoms with Crippen molar-refractivity contribution in [1.29, 1.82) is 0 Å². The van der Waals surface area contributed by atoms with Gasteiger partial charge in [-0.05, 0) is 33.6 Å². The van der Waals surface area contributed by atoms with Crippen LogP contribution in [0.1, 0.15) is 48.3 Å². The standard InChI is InChI=1S/C15H23N3O2S/c1-9-14(21-11(3)16-9)10(2)17-15(20)13-6-5-7-18(8-13)12(4)19/h10,13H,5-8H2,1-4H3,(H,17,20)/t10-,13+/m0/s1. The van der Waals surface area contributed by atoms with Crippen molar-refractivity contribution in [2.45, 2.75) is 46.6 Å².